The molecule has 2 heterocycles. The molecule has 0 aromatic carbocycles. The van der Waals surface area contributed by atoms with Crippen molar-refractivity contribution in [2.24, 2.45) is 0 Å². The van der Waals surface area contributed by atoms with Crippen molar-refractivity contribution < 1.29 is 13.2 Å². The number of carbonyl (C=O) groups excluding carboxylic acids is 1. The van der Waals surface area contributed by atoms with Gasteiger partial charge < -0.3 is 4.90 Å². The normalized spacial score (nSPS) is 34.1. The Morgan fingerprint density at radius 1 is 1.26 bits per heavy atom. The molecule has 0 aromatic heterocycles. The number of amides is 1. The first-order valence-electron chi connectivity index (χ1n) is 7.27. The minimum atomic E-state index is -2.95. The zero-order chi connectivity index (χ0) is 14.0. The van der Waals surface area contributed by atoms with Gasteiger partial charge in [0.05, 0.1) is 23.7 Å². The molecule has 0 bridgehead atoms. The summed E-state index contributed by atoms with van der Waals surface area (Å²) in [5.74, 6) is 0.459. The summed E-state index contributed by atoms with van der Waals surface area (Å²) in [7, 11) is -2.95. The highest BCUT2D eigenvalue weighted by Crippen LogP contribution is 2.26. The van der Waals surface area contributed by atoms with Crippen LogP contribution in [-0.4, -0.2) is 49.0 Å². The summed E-state index contributed by atoms with van der Waals surface area (Å²) in [5, 5.41) is 3.38. The second-order valence-electron chi connectivity index (χ2n) is 5.61. The maximum Gasteiger partial charge on any atom is 0.241 e. The minimum Gasteiger partial charge on any atom is -0.322 e. The number of rotatable bonds is 5. The van der Waals surface area contributed by atoms with Crippen molar-refractivity contribution in [3.63, 3.8) is 0 Å². The molecule has 0 aromatic rings. The van der Waals surface area contributed by atoms with Crippen LogP contribution in [0.3, 0.4) is 0 Å². The first-order chi connectivity index (χ1) is 8.98. The molecule has 0 radical (unpaired) electrons. The fourth-order valence-corrected chi connectivity index (χ4v) is 4.85. The van der Waals surface area contributed by atoms with Crippen LogP contribution in [0.1, 0.15) is 46.0 Å². The summed E-state index contributed by atoms with van der Waals surface area (Å²) < 4.78 is 23.2. The van der Waals surface area contributed by atoms with Gasteiger partial charge in [-0.15, -0.1) is 0 Å². The summed E-state index contributed by atoms with van der Waals surface area (Å²) in [5.41, 5.74) is 0. The van der Waals surface area contributed by atoms with Gasteiger partial charge >= 0.3 is 0 Å². The molecule has 2 fully saturated rings. The number of carbonyl (C=O) groups is 1. The van der Waals surface area contributed by atoms with E-state index in [1.807, 2.05) is 4.90 Å². The standard InChI is InChI=1S/C13H24N2O3S/c1-3-5-11-13(16)15(12(14-11)6-4-2)10-7-8-19(17,18)9-10/h10-12,14H,3-9H2,1-2H3. The first kappa shape index (κ1) is 14.8. The maximum atomic E-state index is 12.4. The van der Waals surface area contributed by atoms with E-state index < -0.39 is 9.84 Å². The maximum absolute atomic E-state index is 12.4. The molecule has 2 aliphatic heterocycles. The molecule has 2 aliphatic rings. The third-order valence-electron chi connectivity index (χ3n) is 4.02. The fraction of sp³-hybridized carbons (Fsp3) is 0.923. The Balaban J connectivity index is 2.13. The summed E-state index contributed by atoms with van der Waals surface area (Å²) >= 11 is 0. The SMILES string of the molecule is CCCC1NC(CCC)N(C2CCS(=O)(=O)C2)C1=O. The summed E-state index contributed by atoms with van der Waals surface area (Å²) in [6, 6.07) is -0.242. The third kappa shape index (κ3) is 3.11. The molecule has 3 unspecified atom stereocenters. The molecule has 0 spiro atoms. The number of hydrogen-bond acceptors (Lipinski definition) is 4. The van der Waals surface area contributed by atoms with Crippen molar-refractivity contribution in [3.05, 3.63) is 0 Å². The van der Waals surface area contributed by atoms with Gasteiger partial charge in [-0.1, -0.05) is 26.7 Å². The molecule has 1 N–H and O–H groups in total. The van der Waals surface area contributed by atoms with Crippen LogP contribution in [0.15, 0.2) is 0 Å². The van der Waals surface area contributed by atoms with E-state index in [1.165, 1.54) is 0 Å². The monoisotopic (exact) mass is 288 g/mol. The van der Waals surface area contributed by atoms with Crippen LogP contribution >= 0.6 is 0 Å². The van der Waals surface area contributed by atoms with Crippen molar-refractivity contribution in [3.8, 4) is 0 Å². The van der Waals surface area contributed by atoms with E-state index >= 15 is 0 Å². The highest BCUT2D eigenvalue weighted by molar-refractivity contribution is 7.91. The third-order valence-corrected chi connectivity index (χ3v) is 5.77. The van der Waals surface area contributed by atoms with E-state index in [9.17, 15) is 13.2 Å². The zero-order valence-electron chi connectivity index (χ0n) is 11.8. The van der Waals surface area contributed by atoms with Crippen molar-refractivity contribution in [2.75, 3.05) is 11.5 Å². The van der Waals surface area contributed by atoms with E-state index in [0.29, 0.717) is 6.42 Å². The lowest BCUT2D eigenvalue weighted by molar-refractivity contribution is -0.132. The summed E-state index contributed by atoms with van der Waals surface area (Å²) in [6.07, 6.45) is 4.28. The number of nitrogens with one attached hydrogen (secondary N) is 1. The van der Waals surface area contributed by atoms with Crippen LogP contribution < -0.4 is 5.32 Å². The van der Waals surface area contributed by atoms with Gasteiger partial charge in [-0.3, -0.25) is 10.1 Å². The predicted molar refractivity (Wildman–Crippen MR) is 74.4 cm³/mol. The number of hydrogen-bond donors (Lipinski definition) is 1. The minimum absolute atomic E-state index is 0.0207. The molecule has 2 saturated heterocycles. The van der Waals surface area contributed by atoms with Crippen molar-refractivity contribution >= 4 is 15.7 Å². The molecular formula is C13H24N2O3S. The molecule has 5 nitrogen and oxygen atoms in total. The van der Waals surface area contributed by atoms with Crippen LogP contribution in [0.25, 0.3) is 0 Å². The van der Waals surface area contributed by atoms with E-state index in [1.54, 1.807) is 0 Å². The second kappa shape index (κ2) is 5.79. The Morgan fingerprint density at radius 3 is 2.47 bits per heavy atom. The number of nitrogens with zero attached hydrogens (tertiary/aromatic N) is 1. The Kier molecular flexibility index (Phi) is 4.50. The topological polar surface area (TPSA) is 66.5 Å². The van der Waals surface area contributed by atoms with Gasteiger partial charge in [0.1, 0.15) is 0 Å². The largest absolute Gasteiger partial charge is 0.322 e. The Bertz CT molecular complexity index is 435. The van der Waals surface area contributed by atoms with E-state index in [-0.39, 0.29) is 35.7 Å². The lowest BCUT2D eigenvalue weighted by Crippen LogP contribution is -2.45. The summed E-state index contributed by atoms with van der Waals surface area (Å²) in [4.78, 5) is 14.3. The molecule has 0 saturated carbocycles. The van der Waals surface area contributed by atoms with Crippen LogP contribution in [-0.2, 0) is 14.6 Å². The molecule has 6 heteroatoms. The molecule has 19 heavy (non-hydrogen) atoms. The van der Waals surface area contributed by atoms with E-state index in [0.717, 1.165) is 25.7 Å². The molecule has 3 atom stereocenters. The van der Waals surface area contributed by atoms with Gasteiger partial charge in [0.2, 0.25) is 5.91 Å². The van der Waals surface area contributed by atoms with Gasteiger partial charge in [-0.2, -0.15) is 0 Å². The summed E-state index contributed by atoms with van der Waals surface area (Å²) in [6.45, 7) is 4.15. The Hall–Kier alpha value is -0.620. The zero-order valence-corrected chi connectivity index (χ0v) is 12.6. The van der Waals surface area contributed by atoms with Gasteiger partial charge in [0.15, 0.2) is 9.84 Å². The van der Waals surface area contributed by atoms with Crippen LogP contribution in [0.4, 0.5) is 0 Å². The molecule has 0 aliphatic carbocycles. The molecule has 110 valence electrons. The second-order valence-corrected chi connectivity index (χ2v) is 7.84. The Morgan fingerprint density at radius 2 is 1.95 bits per heavy atom. The van der Waals surface area contributed by atoms with Crippen LogP contribution in [0, 0.1) is 0 Å². The highest BCUT2D eigenvalue weighted by Gasteiger charge is 2.44. The smallest absolute Gasteiger partial charge is 0.241 e. The van der Waals surface area contributed by atoms with Gasteiger partial charge in [-0.05, 0) is 19.3 Å². The molecular weight excluding hydrogens is 264 g/mol. The lowest BCUT2D eigenvalue weighted by atomic mass is 10.1. The van der Waals surface area contributed by atoms with Crippen molar-refractivity contribution in [2.45, 2.75) is 64.2 Å². The first-order valence-corrected chi connectivity index (χ1v) is 9.09. The highest BCUT2D eigenvalue weighted by atomic mass is 32.2. The average Bonchev–Trinajstić information content (AvgIpc) is 2.82. The van der Waals surface area contributed by atoms with Crippen LogP contribution in [0.5, 0.6) is 0 Å². The van der Waals surface area contributed by atoms with Crippen molar-refractivity contribution in [1.82, 2.24) is 10.2 Å². The van der Waals surface area contributed by atoms with Crippen LogP contribution in [0.2, 0.25) is 0 Å². The fourth-order valence-electron chi connectivity index (χ4n) is 3.14. The van der Waals surface area contributed by atoms with Gasteiger partial charge in [-0.25, -0.2) is 8.42 Å². The Labute approximate surface area is 115 Å². The van der Waals surface area contributed by atoms with Gasteiger partial charge in [0.25, 0.3) is 0 Å². The van der Waals surface area contributed by atoms with E-state index in [2.05, 4.69) is 19.2 Å². The van der Waals surface area contributed by atoms with Crippen molar-refractivity contribution in [1.29, 1.82) is 0 Å². The molecule has 1 amide bonds. The lowest BCUT2D eigenvalue weighted by Gasteiger charge is -2.29. The predicted octanol–water partition coefficient (Wildman–Crippen LogP) is 0.900. The van der Waals surface area contributed by atoms with E-state index in [4.69, 9.17) is 0 Å². The average molecular weight is 288 g/mol. The van der Waals surface area contributed by atoms with Gasteiger partial charge in [0, 0.05) is 6.04 Å². The number of sulfone groups is 1. The molecule has 2 rings (SSSR count). The quantitative estimate of drug-likeness (QED) is 0.816.